The molecule has 0 saturated heterocycles. The Hall–Kier alpha value is -3.48. The van der Waals surface area contributed by atoms with Gasteiger partial charge in [0.25, 0.3) is 11.7 Å². The Morgan fingerprint density at radius 3 is 2.38 bits per heavy atom. The summed E-state index contributed by atoms with van der Waals surface area (Å²) in [6.45, 7) is 4.07. The second-order valence-corrected chi connectivity index (χ2v) is 8.60. The summed E-state index contributed by atoms with van der Waals surface area (Å²) in [5, 5.41) is 26.0. The van der Waals surface area contributed by atoms with E-state index in [2.05, 4.69) is 5.32 Å². The van der Waals surface area contributed by atoms with Gasteiger partial charge in [-0.2, -0.15) is 0 Å². The molecule has 162 valence electrons. The van der Waals surface area contributed by atoms with Gasteiger partial charge in [-0.15, -0.1) is 0 Å². The van der Waals surface area contributed by atoms with E-state index in [9.17, 15) is 19.8 Å². The van der Waals surface area contributed by atoms with Gasteiger partial charge in [-0.25, -0.2) is 0 Å². The second kappa shape index (κ2) is 7.02. The number of aliphatic hydroxyl groups is 2. The van der Waals surface area contributed by atoms with E-state index in [1.54, 1.807) is 66.7 Å². The van der Waals surface area contributed by atoms with Crippen molar-refractivity contribution in [3.63, 3.8) is 0 Å². The lowest BCUT2D eigenvalue weighted by atomic mass is 9.81. The number of aliphatic hydroxyl groups excluding tert-OH is 1. The van der Waals surface area contributed by atoms with Crippen LogP contribution < -0.4 is 10.1 Å². The number of ketones is 1. The highest BCUT2D eigenvalue weighted by molar-refractivity contribution is 6.43. The smallest absolute Gasteiger partial charge is 0.293 e. The molecule has 0 bridgehead atoms. The maximum atomic E-state index is 13.1. The summed E-state index contributed by atoms with van der Waals surface area (Å²) >= 11 is 0. The van der Waals surface area contributed by atoms with Gasteiger partial charge in [0.2, 0.25) is 5.78 Å². The zero-order chi connectivity index (χ0) is 22.7. The molecule has 1 aliphatic heterocycles. The van der Waals surface area contributed by atoms with Crippen molar-refractivity contribution < 1.29 is 24.5 Å². The first-order valence-corrected chi connectivity index (χ1v) is 10.5. The number of nitrogens with one attached hydrogen (secondary N) is 1. The maximum absolute atomic E-state index is 13.1. The quantitative estimate of drug-likeness (QED) is 0.437. The van der Waals surface area contributed by atoms with Crippen molar-refractivity contribution in [3.05, 3.63) is 101 Å². The van der Waals surface area contributed by atoms with Crippen LogP contribution in [0.4, 0.5) is 0 Å². The van der Waals surface area contributed by atoms with Crippen LogP contribution in [0.3, 0.4) is 0 Å². The molecule has 2 aliphatic rings. The standard InChI is InChI=1S/C26H23NO5/c1-15(2)17-12-13-20-21(14-17)32-26(31)19-11-7-6-10-18(19)23(29)25(20,26)27-24(30)22(28)16-8-4-3-5-9-16/h3-15,23,29,31H,1-2H3,(H,27,30). The Morgan fingerprint density at radius 1 is 0.969 bits per heavy atom. The molecule has 32 heavy (non-hydrogen) atoms. The minimum Gasteiger partial charge on any atom is -0.455 e. The molecule has 6 heteroatoms. The Balaban J connectivity index is 1.66. The van der Waals surface area contributed by atoms with Crippen molar-refractivity contribution in [2.24, 2.45) is 0 Å². The van der Waals surface area contributed by atoms with Crippen molar-refractivity contribution in [1.82, 2.24) is 5.32 Å². The number of Topliss-reactive ketones (excluding diaryl/α,β-unsaturated/α-hetero) is 1. The van der Waals surface area contributed by atoms with Gasteiger partial charge in [-0.3, -0.25) is 9.59 Å². The number of hydrogen-bond acceptors (Lipinski definition) is 5. The molecular weight excluding hydrogens is 406 g/mol. The van der Waals surface area contributed by atoms with Gasteiger partial charge in [-0.1, -0.05) is 80.6 Å². The summed E-state index contributed by atoms with van der Waals surface area (Å²) in [5.74, 6) is -3.21. The van der Waals surface area contributed by atoms with Gasteiger partial charge in [0, 0.05) is 16.7 Å². The Kier molecular flexibility index (Phi) is 4.48. The molecule has 3 unspecified atom stereocenters. The summed E-state index contributed by atoms with van der Waals surface area (Å²) in [5.41, 5.74) is 0.620. The number of amides is 1. The number of carbonyl (C=O) groups excluding carboxylic acids is 2. The first-order chi connectivity index (χ1) is 15.3. The SMILES string of the molecule is CC(C)c1ccc2c(c1)OC1(O)c3ccccc3C(O)C21NC(=O)C(=O)c1ccccc1. The zero-order valence-electron chi connectivity index (χ0n) is 17.7. The van der Waals surface area contributed by atoms with Crippen molar-refractivity contribution in [2.45, 2.75) is 37.2 Å². The summed E-state index contributed by atoms with van der Waals surface area (Å²) in [7, 11) is 0. The largest absolute Gasteiger partial charge is 0.455 e. The molecule has 0 aromatic heterocycles. The average Bonchev–Trinajstić information content (AvgIpc) is 3.16. The number of ether oxygens (including phenoxy) is 1. The lowest BCUT2D eigenvalue weighted by Gasteiger charge is -2.37. The number of hydrogen-bond donors (Lipinski definition) is 3. The highest BCUT2D eigenvalue weighted by Gasteiger charge is 2.71. The maximum Gasteiger partial charge on any atom is 0.293 e. The monoisotopic (exact) mass is 429 g/mol. The molecule has 0 radical (unpaired) electrons. The van der Waals surface area contributed by atoms with Crippen molar-refractivity contribution in [2.75, 3.05) is 0 Å². The summed E-state index contributed by atoms with van der Waals surface area (Å²) in [6, 6.07) is 20.4. The van der Waals surface area contributed by atoms with Crippen LogP contribution in [0.2, 0.25) is 0 Å². The van der Waals surface area contributed by atoms with Gasteiger partial charge in [0.05, 0.1) is 0 Å². The highest BCUT2D eigenvalue weighted by atomic mass is 16.6. The van der Waals surface area contributed by atoms with E-state index in [1.165, 1.54) is 0 Å². The molecule has 1 aliphatic carbocycles. The molecule has 3 aromatic rings. The minimum absolute atomic E-state index is 0.210. The summed E-state index contributed by atoms with van der Waals surface area (Å²) < 4.78 is 6.07. The molecular formula is C26H23NO5. The fraction of sp³-hybridized carbons (Fsp3) is 0.231. The van der Waals surface area contributed by atoms with E-state index in [0.717, 1.165) is 5.56 Å². The van der Waals surface area contributed by atoms with Gasteiger partial charge in [0.15, 0.2) is 5.54 Å². The Bertz CT molecular complexity index is 1240. The number of benzene rings is 3. The molecule has 0 spiro atoms. The minimum atomic E-state index is -2.08. The van der Waals surface area contributed by atoms with Gasteiger partial charge in [0.1, 0.15) is 11.9 Å². The summed E-state index contributed by atoms with van der Waals surface area (Å²) in [4.78, 5) is 26.0. The number of carbonyl (C=O) groups is 2. The fourth-order valence-corrected chi connectivity index (χ4v) is 4.78. The zero-order valence-corrected chi connectivity index (χ0v) is 17.7. The molecule has 0 fully saturated rings. The van der Waals surface area contributed by atoms with Crippen LogP contribution in [0, 0.1) is 0 Å². The molecule has 1 heterocycles. The van der Waals surface area contributed by atoms with Crippen LogP contribution in [0.5, 0.6) is 5.75 Å². The Labute approximate surface area is 185 Å². The van der Waals surface area contributed by atoms with E-state index in [0.29, 0.717) is 22.4 Å². The highest BCUT2D eigenvalue weighted by Crippen LogP contribution is 2.62. The molecule has 5 rings (SSSR count). The first-order valence-electron chi connectivity index (χ1n) is 10.5. The predicted octanol–water partition coefficient (Wildman–Crippen LogP) is 3.29. The third kappa shape index (κ3) is 2.60. The van der Waals surface area contributed by atoms with Gasteiger partial charge in [-0.05, 0) is 23.1 Å². The normalized spacial score (nSPS) is 25.0. The van der Waals surface area contributed by atoms with Crippen LogP contribution in [0.25, 0.3) is 0 Å². The molecule has 0 saturated carbocycles. The molecule has 1 amide bonds. The molecule has 3 N–H and O–H groups in total. The van der Waals surface area contributed by atoms with Gasteiger partial charge >= 0.3 is 0 Å². The average molecular weight is 429 g/mol. The Morgan fingerprint density at radius 2 is 1.66 bits per heavy atom. The van der Waals surface area contributed by atoms with Crippen molar-refractivity contribution in [3.8, 4) is 5.75 Å². The van der Waals surface area contributed by atoms with E-state index in [1.807, 2.05) is 19.9 Å². The topological polar surface area (TPSA) is 95.9 Å². The summed E-state index contributed by atoms with van der Waals surface area (Å²) in [6.07, 6.45) is -1.33. The van der Waals surface area contributed by atoms with Crippen LogP contribution in [0.1, 0.15) is 58.5 Å². The number of fused-ring (bicyclic) bond motifs is 5. The lowest BCUT2D eigenvalue weighted by molar-refractivity contribution is -0.205. The number of rotatable bonds is 4. The molecule has 3 aromatic carbocycles. The second-order valence-electron chi connectivity index (χ2n) is 8.60. The third-order valence-corrected chi connectivity index (χ3v) is 6.47. The van der Waals surface area contributed by atoms with Crippen molar-refractivity contribution >= 4 is 11.7 Å². The van der Waals surface area contributed by atoms with E-state index in [-0.39, 0.29) is 11.5 Å². The lowest BCUT2D eigenvalue weighted by Crippen LogP contribution is -2.60. The van der Waals surface area contributed by atoms with Crippen LogP contribution in [-0.2, 0) is 16.1 Å². The van der Waals surface area contributed by atoms with E-state index in [4.69, 9.17) is 4.74 Å². The third-order valence-electron chi connectivity index (χ3n) is 6.47. The van der Waals surface area contributed by atoms with E-state index < -0.39 is 29.1 Å². The molecule has 3 atom stereocenters. The first kappa shape index (κ1) is 20.4. The van der Waals surface area contributed by atoms with Crippen molar-refractivity contribution in [1.29, 1.82) is 0 Å². The van der Waals surface area contributed by atoms with Crippen LogP contribution >= 0.6 is 0 Å². The van der Waals surface area contributed by atoms with E-state index >= 15 is 0 Å². The fourth-order valence-electron chi connectivity index (χ4n) is 4.78. The molecule has 6 nitrogen and oxygen atoms in total. The van der Waals surface area contributed by atoms with Gasteiger partial charge < -0.3 is 20.3 Å². The predicted molar refractivity (Wildman–Crippen MR) is 117 cm³/mol. The van der Waals surface area contributed by atoms with Crippen LogP contribution in [-0.4, -0.2) is 21.9 Å². The van der Waals surface area contributed by atoms with Crippen LogP contribution in [0.15, 0.2) is 72.8 Å².